The molecule has 2 amide bonds. The average Bonchev–Trinajstić information content (AvgIpc) is 2.28. The Morgan fingerprint density at radius 2 is 2.00 bits per heavy atom. The number of hydrogen-bond donors (Lipinski definition) is 3. The molecule has 1 aliphatic heterocycles. The predicted octanol–water partition coefficient (Wildman–Crippen LogP) is 2.87. The molecule has 0 unspecified atom stereocenters. The number of urea groups is 1. The maximum atomic E-state index is 11.8. The Morgan fingerprint density at radius 1 is 1.28 bits per heavy atom. The van der Waals surface area contributed by atoms with Crippen LogP contribution in [0.25, 0.3) is 0 Å². The molecular formula is C12H15Cl2N3O. The zero-order valence-electron chi connectivity index (χ0n) is 9.80. The van der Waals surface area contributed by atoms with E-state index in [1.165, 1.54) is 0 Å². The van der Waals surface area contributed by atoms with E-state index in [1.807, 2.05) is 0 Å². The van der Waals surface area contributed by atoms with Gasteiger partial charge in [-0.25, -0.2) is 4.79 Å². The molecule has 1 saturated heterocycles. The van der Waals surface area contributed by atoms with Crippen molar-refractivity contribution in [2.45, 2.75) is 18.9 Å². The molecule has 0 radical (unpaired) electrons. The molecular weight excluding hydrogens is 273 g/mol. The zero-order chi connectivity index (χ0) is 13.0. The molecule has 0 spiro atoms. The summed E-state index contributed by atoms with van der Waals surface area (Å²) in [4.78, 5) is 11.8. The quantitative estimate of drug-likeness (QED) is 0.783. The van der Waals surface area contributed by atoms with Gasteiger partial charge < -0.3 is 16.0 Å². The van der Waals surface area contributed by atoms with E-state index >= 15 is 0 Å². The predicted molar refractivity (Wildman–Crippen MR) is 74.5 cm³/mol. The summed E-state index contributed by atoms with van der Waals surface area (Å²) in [5, 5.41) is 9.86. The minimum Gasteiger partial charge on any atom is -0.334 e. The Hall–Kier alpha value is -0.970. The molecule has 4 nitrogen and oxygen atoms in total. The summed E-state index contributed by atoms with van der Waals surface area (Å²) in [5.74, 6) is 0. The zero-order valence-corrected chi connectivity index (χ0v) is 11.3. The maximum absolute atomic E-state index is 11.8. The van der Waals surface area contributed by atoms with Crippen LogP contribution in [0.3, 0.4) is 0 Å². The fourth-order valence-corrected chi connectivity index (χ4v) is 2.48. The second-order valence-electron chi connectivity index (χ2n) is 4.30. The molecule has 1 heterocycles. The molecule has 3 N–H and O–H groups in total. The van der Waals surface area contributed by atoms with Gasteiger partial charge in [-0.1, -0.05) is 23.2 Å². The van der Waals surface area contributed by atoms with E-state index < -0.39 is 0 Å². The van der Waals surface area contributed by atoms with Crippen LogP contribution in [0.5, 0.6) is 0 Å². The summed E-state index contributed by atoms with van der Waals surface area (Å²) in [5.41, 5.74) is 0.591. The molecule has 1 atom stereocenters. The van der Waals surface area contributed by atoms with Gasteiger partial charge in [-0.15, -0.1) is 0 Å². The van der Waals surface area contributed by atoms with Gasteiger partial charge in [0.15, 0.2) is 0 Å². The summed E-state index contributed by atoms with van der Waals surface area (Å²) in [6, 6.07) is 4.88. The highest BCUT2D eigenvalue weighted by Crippen LogP contribution is 2.22. The van der Waals surface area contributed by atoms with Crippen LogP contribution in [0.15, 0.2) is 18.2 Å². The Bertz CT molecular complexity index is 413. The summed E-state index contributed by atoms with van der Waals surface area (Å²) in [6.07, 6.45) is 2.07. The molecule has 0 aromatic heterocycles. The standard InChI is InChI=1S/C12H15Cl2N3O/c13-8-4-9(14)6-11(5-8)17-12(18)16-10-2-1-3-15-7-10/h4-6,10,15H,1-3,7H2,(H2,16,17,18)/t10-/m0/s1. The number of hydrogen-bond acceptors (Lipinski definition) is 2. The fourth-order valence-electron chi connectivity index (χ4n) is 1.95. The van der Waals surface area contributed by atoms with Crippen molar-refractivity contribution < 1.29 is 4.79 Å². The monoisotopic (exact) mass is 287 g/mol. The summed E-state index contributed by atoms with van der Waals surface area (Å²) < 4.78 is 0. The lowest BCUT2D eigenvalue weighted by atomic mass is 10.1. The molecule has 0 saturated carbocycles. The lowest BCUT2D eigenvalue weighted by Crippen LogP contribution is -2.47. The van der Waals surface area contributed by atoms with Gasteiger partial charge in [0.1, 0.15) is 0 Å². The second kappa shape index (κ2) is 6.27. The molecule has 18 heavy (non-hydrogen) atoms. The Morgan fingerprint density at radius 3 is 2.61 bits per heavy atom. The van der Waals surface area contributed by atoms with Crippen LogP contribution in [0.1, 0.15) is 12.8 Å². The van der Waals surface area contributed by atoms with Crippen molar-refractivity contribution in [3.8, 4) is 0 Å². The van der Waals surface area contributed by atoms with E-state index in [9.17, 15) is 4.79 Å². The van der Waals surface area contributed by atoms with Crippen LogP contribution >= 0.6 is 23.2 Å². The molecule has 1 aromatic carbocycles. The first-order valence-electron chi connectivity index (χ1n) is 5.88. The largest absolute Gasteiger partial charge is 0.334 e. The number of nitrogens with one attached hydrogen (secondary N) is 3. The van der Waals surface area contributed by atoms with Crippen LogP contribution < -0.4 is 16.0 Å². The number of piperidine rings is 1. The number of rotatable bonds is 2. The van der Waals surface area contributed by atoms with Crippen LogP contribution in [-0.2, 0) is 0 Å². The number of benzene rings is 1. The maximum Gasteiger partial charge on any atom is 0.319 e. The molecule has 2 rings (SSSR count). The van der Waals surface area contributed by atoms with E-state index in [0.29, 0.717) is 15.7 Å². The van der Waals surface area contributed by atoms with E-state index in [-0.39, 0.29) is 12.1 Å². The van der Waals surface area contributed by atoms with Crippen molar-refractivity contribution in [1.82, 2.24) is 10.6 Å². The summed E-state index contributed by atoms with van der Waals surface area (Å²) >= 11 is 11.7. The third kappa shape index (κ3) is 4.05. The molecule has 0 aliphatic carbocycles. The minimum atomic E-state index is -0.234. The first-order chi connectivity index (χ1) is 8.63. The van der Waals surface area contributed by atoms with E-state index in [0.717, 1.165) is 25.9 Å². The highest BCUT2D eigenvalue weighted by molar-refractivity contribution is 6.35. The van der Waals surface area contributed by atoms with Gasteiger partial charge in [0.05, 0.1) is 0 Å². The molecule has 1 aliphatic rings. The number of halogens is 2. The van der Waals surface area contributed by atoms with Crippen LogP contribution in [0.4, 0.5) is 10.5 Å². The van der Waals surface area contributed by atoms with Gasteiger partial charge in [-0.05, 0) is 37.6 Å². The van der Waals surface area contributed by atoms with Crippen LogP contribution in [0, 0.1) is 0 Å². The van der Waals surface area contributed by atoms with Crippen LogP contribution in [-0.4, -0.2) is 25.2 Å². The number of anilines is 1. The van der Waals surface area contributed by atoms with Gasteiger partial charge >= 0.3 is 6.03 Å². The average molecular weight is 288 g/mol. The first-order valence-corrected chi connectivity index (χ1v) is 6.63. The third-order valence-corrected chi connectivity index (χ3v) is 3.19. The Kier molecular flexibility index (Phi) is 4.69. The summed E-state index contributed by atoms with van der Waals surface area (Å²) in [7, 11) is 0. The Labute approximate surface area is 116 Å². The first kappa shape index (κ1) is 13.5. The van der Waals surface area contributed by atoms with Crippen molar-refractivity contribution in [1.29, 1.82) is 0 Å². The van der Waals surface area contributed by atoms with Crippen molar-refractivity contribution in [2.75, 3.05) is 18.4 Å². The smallest absolute Gasteiger partial charge is 0.319 e. The minimum absolute atomic E-state index is 0.174. The van der Waals surface area contributed by atoms with Gasteiger partial charge in [-0.3, -0.25) is 0 Å². The van der Waals surface area contributed by atoms with Gasteiger partial charge in [0.2, 0.25) is 0 Å². The lowest BCUT2D eigenvalue weighted by molar-refractivity contribution is 0.245. The highest BCUT2D eigenvalue weighted by atomic mass is 35.5. The summed E-state index contributed by atoms with van der Waals surface area (Å²) in [6.45, 7) is 1.83. The SMILES string of the molecule is O=C(Nc1cc(Cl)cc(Cl)c1)N[C@H]1CCCNC1. The number of carbonyl (C=O) groups excluding carboxylic acids is 1. The van der Waals surface area contributed by atoms with E-state index in [2.05, 4.69) is 16.0 Å². The lowest BCUT2D eigenvalue weighted by Gasteiger charge is -2.23. The topological polar surface area (TPSA) is 53.2 Å². The number of amides is 2. The number of carbonyl (C=O) groups is 1. The molecule has 1 fully saturated rings. The normalized spacial score (nSPS) is 19.3. The Balaban J connectivity index is 1.89. The third-order valence-electron chi connectivity index (χ3n) is 2.75. The highest BCUT2D eigenvalue weighted by Gasteiger charge is 2.15. The van der Waals surface area contributed by atoms with Crippen molar-refractivity contribution >= 4 is 34.9 Å². The van der Waals surface area contributed by atoms with Gasteiger partial charge in [-0.2, -0.15) is 0 Å². The van der Waals surface area contributed by atoms with Gasteiger partial charge in [0.25, 0.3) is 0 Å². The fraction of sp³-hybridized carbons (Fsp3) is 0.417. The van der Waals surface area contributed by atoms with Crippen LogP contribution in [0.2, 0.25) is 10.0 Å². The van der Waals surface area contributed by atoms with Crippen molar-refractivity contribution in [2.24, 2.45) is 0 Å². The van der Waals surface area contributed by atoms with E-state index in [4.69, 9.17) is 23.2 Å². The van der Waals surface area contributed by atoms with E-state index in [1.54, 1.807) is 18.2 Å². The second-order valence-corrected chi connectivity index (χ2v) is 5.17. The van der Waals surface area contributed by atoms with Gasteiger partial charge in [0, 0.05) is 28.3 Å². The molecule has 1 aromatic rings. The molecule has 6 heteroatoms. The molecule has 0 bridgehead atoms. The van der Waals surface area contributed by atoms with Crippen molar-refractivity contribution in [3.05, 3.63) is 28.2 Å². The molecule has 98 valence electrons. The van der Waals surface area contributed by atoms with Crippen molar-refractivity contribution in [3.63, 3.8) is 0 Å².